The van der Waals surface area contributed by atoms with Crippen LogP contribution in [0.3, 0.4) is 0 Å². The maximum absolute atomic E-state index is 2.65. The molecule has 47 heavy (non-hydrogen) atoms. The molecule has 0 atom stereocenters. The van der Waals surface area contributed by atoms with Gasteiger partial charge in [-0.3, -0.25) is 0 Å². The van der Waals surface area contributed by atoms with E-state index in [4.69, 9.17) is 0 Å². The molecule has 0 fully saturated rings. The number of rotatable bonds is 4. The fraction of sp³-hybridized carbons (Fsp3) is 0.200. The van der Waals surface area contributed by atoms with E-state index in [1.165, 1.54) is 67.3 Å². The number of nitrogens with zero attached hydrogens (tertiary/aromatic N) is 2. The standard InChI is InChI=1S/C45H40N2/c1-43(2)34-19-13-21-36-40(34)47-41-35(43)20-14-22-37(41)45(5,6)39-28-33(27-38(42(39)47)44(36,3)4)46(31-17-11-8-12-18-31)32-25-23-30(24-26-32)29-15-9-7-10-16-29/h7-28H,1-6H3. The molecule has 230 valence electrons. The first-order chi connectivity index (χ1) is 22.6. The summed E-state index contributed by atoms with van der Waals surface area (Å²) < 4.78 is 0. The number of para-hydroxylation sites is 3. The quantitative estimate of drug-likeness (QED) is 0.196. The second-order valence-electron chi connectivity index (χ2n) is 15.1. The zero-order valence-electron chi connectivity index (χ0n) is 28.1. The van der Waals surface area contributed by atoms with Crippen molar-refractivity contribution in [3.8, 4) is 11.1 Å². The monoisotopic (exact) mass is 608 g/mol. The van der Waals surface area contributed by atoms with Crippen LogP contribution in [-0.2, 0) is 16.2 Å². The molecule has 0 unspecified atom stereocenters. The average molecular weight is 609 g/mol. The van der Waals surface area contributed by atoms with Crippen LogP contribution in [0.25, 0.3) is 11.1 Å². The van der Waals surface area contributed by atoms with Gasteiger partial charge in [0.25, 0.3) is 0 Å². The third kappa shape index (κ3) is 3.73. The minimum absolute atomic E-state index is 0.0929. The first-order valence-electron chi connectivity index (χ1n) is 16.9. The minimum atomic E-state index is -0.197. The summed E-state index contributed by atoms with van der Waals surface area (Å²) in [6, 6.07) is 49.5. The van der Waals surface area contributed by atoms with Crippen LogP contribution in [0.2, 0.25) is 0 Å². The van der Waals surface area contributed by atoms with Gasteiger partial charge >= 0.3 is 0 Å². The van der Waals surface area contributed by atoms with Crippen molar-refractivity contribution in [2.45, 2.75) is 57.8 Å². The number of benzene rings is 6. The second-order valence-corrected chi connectivity index (χ2v) is 15.1. The molecule has 0 bridgehead atoms. The van der Waals surface area contributed by atoms with E-state index in [1.54, 1.807) is 0 Å². The molecule has 3 aliphatic heterocycles. The summed E-state index contributed by atoms with van der Waals surface area (Å²) in [4.78, 5) is 5.09. The SMILES string of the molecule is CC1(C)c2cccc3c2N2c4c1cccc4C(C)(C)c1cc(N(c4ccccc4)c4ccc(-c5ccccc5)cc4)cc(c12)C3(C)C. The van der Waals surface area contributed by atoms with Gasteiger partial charge in [0.05, 0.1) is 17.1 Å². The third-order valence-electron chi connectivity index (χ3n) is 11.4. The summed E-state index contributed by atoms with van der Waals surface area (Å²) in [5.41, 5.74) is 18.0. The zero-order chi connectivity index (χ0) is 32.3. The molecule has 0 amide bonds. The van der Waals surface area contributed by atoms with E-state index in [-0.39, 0.29) is 16.2 Å². The number of hydrogen-bond donors (Lipinski definition) is 0. The van der Waals surface area contributed by atoms with Crippen molar-refractivity contribution in [2.75, 3.05) is 9.80 Å². The summed E-state index contributed by atoms with van der Waals surface area (Å²) in [7, 11) is 0. The van der Waals surface area contributed by atoms with Crippen molar-refractivity contribution in [3.63, 3.8) is 0 Å². The van der Waals surface area contributed by atoms with E-state index in [1.807, 2.05) is 0 Å². The average Bonchev–Trinajstić information content (AvgIpc) is 3.08. The largest absolute Gasteiger partial charge is 0.310 e. The highest BCUT2D eigenvalue weighted by Gasteiger charge is 2.51. The Hall–Kier alpha value is -5.08. The fourth-order valence-electron chi connectivity index (χ4n) is 8.76. The molecule has 0 aromatic heterocycles. The van der Waals surface area contributed by atoms with Crippen LogP contribution in [0.15, 0.2) is 133 Å². The Bertz CT molecular complexity index is 2110. The van der Waals surface area contributed by atoms with Gasteiger partial charge in [0.1, 0.15) is 0 Å². The Labute approximate surface area is 279 Å². The molecule has 0 spiro atoms. The molecule has 0 radical (unpaired) electrons. The fourth-order valence-corrected chi connectivity index (χ4v) is 8.76. The van der Waals surface area contributed by atoms with Crippen molar-refractivity contribution >= 4 is 34.1 Å². The summed E-state index contributed by atoms with van der Waals surface area (Å²) in [6.45, 7) is 14.5. The van der Waals surface area contributed by atoms with Crippen LogP contribution >= 0.6 is 0 Å². The van der Waals surface area contributed by atoms with E-state index in [0.29, 0.717) is 0 Å². The molecule has 0 saturated carbocycles. The molecule has 2 nitrogen and oxygen atoms in total. The molecule has 3 aliphatic rings. The summed E-state index contributed by atoms with van der Waals surface area (Å²) in [5, 5.41) is 0. The van der Waals surface area contributed by atoms with Gasteiger partial charge in [0.2, 0.25) is 0 Å². The van der Waals surface area contributed by atoms with Crippen molar-refractivity contribution in [2.24, 2.45) is 0 Å². The van der Waals surface area contributed by atoms with Crippen molar-refractivity contribution in [1.29, 1.82) is 0 Å². The van der Waals surface area contributed by atoms with Gasteiger partial charge in [-0.25, -0.2) is 0 Å². The van der Waals surface area contributed by atoms with Gasteiger partial charge < -0.3 is 9.80 Å². The molecule has 0 saturated heterocycles. The lowest BCUT2D eigenvalue weighted by Gasteiger charge is -2.55. The highest BCUT2D eigenvalue weighted by Crippen LogP contribution is 2.66. The van der Waals surface area contributed by atoms with E-state index >= 15 is 0 Å². The maximum Gasteiger partial charge on any atom is 0.0545 e. The van der Waals surface area contributed by atoms with Crippen LogP contribution in [0, 0.1) is 0 Å². The number of anilines is 6. The van der Waals surface area contributed by atoms with Gasteiger partial charge in [0.15, 0.2) is 0 Å². The molecule has 6 aromatic rings. The highest BCUT2D eigenvalue weighted by atomic mass is 15.2. The Kier molecular flexibility index (Phi) is 5.68. The predicted octanol–water partition coefficient (Wildman–Crippen LogP) is 12.2. The van der Waals surface area contributed by atoms with Crippen molar-refractivity contribution in [3.05, 3.63) is 167 Å². The van der Waals surface area contributed by atoms with Gasteiger partial charge in [-0.15, -0.1) is 0 Å². The van der Waals surface area contributed by atoms with Crippen LogP contribution < -0.4 is 9.80 Å². The normalized spacial score (nSPS) is 16.8. The second kappa shape index (κ2) is 9.48. The molecule has 6 aromatic carbocycles. The third-order valence-corrected chi connectivity index (χ3v) is 11.4. The smallest absolute Gasteiger partial charge is 0.0545 e. The molecule has 0 N–H and O–H groups in total. The summed E-state index contributed by atoms with van der Waals surface area (Å²) in [5.74, 6) is 0. The van der Waals surface area contributed by atoms with E-state index in [2.05, 4.69) is 185 Å². The first-order valence-corrected chi connectivity index (χ1v) is 16.9. The number of hydrogen-bond acceptors (Lipinski definition) is 2. The minimum Gasteiger partial charge on any atom is -0.310 e. The van der Waals surface area contributed by atoms with E-state index < -0.39 is 0 Å². The predicted molar refractivity (Wildman–Crippen MR) is 198 cm³/mol. The Morgan fingerprint density at radius 2 is 0.745 bits per heavy atom. The van der Waals surface area contributed by atoms with Crippen LogP contribution in [-0.4, -0.2) is 0 Å². The van der Waals surface area contributed by atoms with Crippen LogP contribution in [0.4, 0.5) is 34.1 Å². The molecular weight excluding hydrogens is 569 g/mol. The maximum atomic E-state index is 2.65. The van der Waals surface area contributed by atoms with Gasteiger partial charge in [0, 0.05) is 33.3 Å². The van der Waals surface area contributed by atoms with Crippen molar-refractivity contribution < 1.29 is 0 Å². The lowest BCUT2D eigenvalue weighted by Crippen LogP contribution is -2.43. The van der Waals surface area contributed by atoms with E-state index in [0.717, 1.165) is 11.4 Å². The summed E-state index contributed by atoms with van der Waals surface area (Å²) in [6.07, 6.45) is 0. The Morgan fingerprint density at radius 1 is 0.362 bits per heavy atom. The lowest BCUT2D eigenvalue weighted by atomic mass is 9.61. The van der Waals surface area contributed by atoms with E-state index in [9.17, 15) is 0 Å². The van der Waals surface area contributed by atoms with Gasteiger partial charge in [-0.1, -0.05) is 139 Å². The highest BCUT2D eigenvalue weighted by molar-refractivity contribution is 5.99. The molecule has 2 heteroatoms. The van der Waals surface area contributed by atoms with Crippen LogP contribution in [0.1, 0.15) is 74.9 Å². The molecule has 3 heterocycles. The summed E-state index contributed by atoms with van der Waals surface area (Å²) >= 11 is 0. The topological polar surface area (TPSA) is 6.48 Å². The zero-order valence-corrected chi connectivity index (χ0v) is 28.1. The van der Waals surface area contributed by atoms with Gasteiger partial charge in [-0.2, -0.15) is 0 Å². The molecular formula is C45H40N2. The van der Waals surface area contributed by atoms with Crippen molar-refractivity contribution in [1.82, 2.24) is 0 Å². The molecule has 0 aliphatic carbocycles. The Morgan fingerprint density at radius 3 is 1.23 bits per heavy atom. The molecule has 9 rings (SSSR count). The van der Waals surface area contributed by atoms with Crippen LogP contribution in [0.5, 0.6) is 0 Å². The first kappa shape index (κ1) is 28.2. The Balaban J connectivity index is 1.32. The lowest BCUT2D eigenvalue weighted by molar-refractivity contribution is 0.566. The van der Waals surface area contributed by atoms with Gasteiger partial charge in [-0.05, 0) is 80.9 Å².